The molecule has 0 aromatic carbocycles. The number of hydrogen-bond donors (Lipinski definition) is 2. The number of carbonyl (C=O) groups is 1. The zero-order chi connectivity index (χ0) is 14.5. The molecule has 1 aliphatic carbocycles. The molecule has 2 rings (SSSR count). The number of ether oxygens (including phenoxy) is 1. The van der Waals surface area contributed by atoms with Gasteiger partial charge in [-0.2, -0.15) is 0 Å². The third-order valence-corrected chi connectivity index (χ3v) is 4.66. The highest BCUT2D eigenvalue weighted by Gasteiger charge is 2.38. The van der Waals surface area contributed by atoms with Gasteiger partial charge in [-0.1, -0.05) is 6.92 Å². The Morgan fingerprint density at radius 3 is 2.75 bits per heavy atom. The number of hydrogen-bond acceptors (Lipinski definition) is 4. The Bertz CT molecular complexity index is 320. The molecule has 0 radical (unpaired) electrons. The summed E-state index contributed by atoms with van der Waals surface area (Å²) in [5.74, 6) is 1.30. The molecular weight excluding hydrogens is 256 g/mol. The van der Waals surface area contributed by atoms with E-state index in [2.05, 4.69) is 17.1 Å². The zero-order valence-corrected chi connectivity index (χ0v) is 12.7. The van der Waals surface area contributed by atoms with Crippen LogP contribution >= 0.6 is 0 Å². The van der Waals surface area contributed by atoms with Gasteiger partial charge in [0.25, 0.3) is 0 Å². The molecule has 5 heteroatoms. The minimum absolute atomic E-state index is 0.139. The van der Waals surface area contributed by atoms with Crippen molar-refractivity contribution in [2.75, 3.05) is 26.8 Å². The lowest BCUT2D eigenvalue weighted by atomic mass is 9.89. The van der Waals surface area contributed by atoms with Gasteiger partial charge in [0.2, 0.25) is 0 Å². The molecule has 5 nitrogen and oxygen atoms in total. The van der Waals surface area contributed by atoms with E-state index in [-0.39, 0.29) is 18.7 Å². The second kappa shape index (κ2) is 7.27. The van der Waals surface area contributed by atoms with Crippen LogP contribution < -0.4 is 5.32 Å². The van der Waals surface area contributed by atoms with Crippen molar-refractivity contribution in [2.45, 2.75) is 51.1 Å². The van der Waals surface area contributed by atoms with Crippen LogP contribution in [0.4, 0.5) is 4.79 Å². The lowest BCUT2D eigenvalue weighted by Gasteiger charge is -2.42. The number of aliphatic hydroxyl groups excluding tert-OH is 1. The Morgan fingerprint density at radius 2 is 2.20 bits per heavy atom. The van der Waals surface area contributed by atoms with Gasteiger partial charge >= 0.3 is 6.09 Å². The van der Waals surface area contributed by atoms with Crippen LogP contribution in [0, 0.1) is 11.8 Å². The van der Waals surface area contributed by atoms with E-state index >= 15 is 0 Å². The van der Waals surface area contributed by atoms with Gasteiger partial charge in [0.15, 0.2) is 0 Å². The van der Waals surface area contributed by atoms with Gasteiger partial charge in [-0.25, -0.2) is 4.79 Å². The van der Waals surface area contributed by atoms with E-state index < -0.39 is 0 Å². The smallest absolute Gasteiger partial charge is 0.407 e. The number of methoxy groups -OCH3 is 1. The van der Waals surface area contributed by atoms with Gasteiger partial charge in [0, 0.05) is 31.8 Å². The summed E-state index contributed by atoms with van der Waals surface area (Å²) in [4.78, 5) is 14.0. The predicted molar refractivity (Wildman–Crippen MR) is 77.5 cm³/mol. The normalized spacial score (nSPS) is 28.9. The van der Waals surface area contributed by atoms with Gasteiger partial charge in [0.05, 0.1) is 7.11 Å². The number of alkyl carbamates (subject to hydrolysis) is 1. The van der Waals surface area contributed by atoms with Gasteiger partial charge in [-0.15, -0.1) is 0 Å². The molecule has 116 valence electrons. The highest BCUT2D eigenvalue weighted by molar-refractivity contribution is 5.67. The maximum absolute atomic E-state index is 11.4. The molecule has 3 atom stereocenters. The highest BCUT2D eigenvalue weighted by Crippen LogP contribution is 2.38. The molecule has 20 heavy (non-hydrogen) atoms. The molecule has 1 saturated carbocycles. The number of piperidine rings is 1. The van der Waals surface area contributed by atoms with E-state index in [1.54, 1.807) is 0 Å². The summed E-state index contributed by atoms with van der Waals surface area (Å²) >= 11 is 0. The van der Waals surface area contributed by atoms with Crippen molar-refractivity contribution >= 4 is 6.09 Å². The monoisotopic (exact) mass is 284 g/mol. The average Bonchev–Trinajstić information content (AvgIpc) is 3.24. The van der Waals surface area contributed by atoms with E-state index in [0.717, 1.165) is 31.8 Å². The number of carbonyl (C=O) groups excluding carboxylic acids is 1. The van der Waals surface area contributed by atoms with Crippen LogP contribution in [-0.4, -0.2) is 55.0 Å². The molecule has 3 unspecified atom stereocenters. The topological polar surface area (TPSA) is 61.8 Å². The highest BCUT2D eigenvalue weighted by atomic mass is 16.5. The Kier molecular flexibility index (Phi) is 5.66. The van der Waals surface area contributed by atoms with Crippen molar-refractivity contribution in [1.82, 2.24) is 10.2 Å². The summed E-state index contributed by atoms with van der Waals surface area (Å²) < 4.78 is 4.71. The standard InChI is InChI=1S/C15H28N2O3/c1-3-14(12-4-5-12)17-9-11(6-7-18)8-13(10-17)16-15(19)20-2/h11-14,18H,3-10H2,1-2H3,(H,16,19). The fourth-order valence-corrected chi connectivity index (χ4v) is 3.60. The number of likely N-dealkylation sites (tertiary alicyclic amines) is 1. The third kappa shape index (κ3) is 4.09. The molecule has 1 heterocycles. The number of aliphatic hydroxyl groups is 1. The predicted octanol–water partition coefficient (Wildman–Crippen LogP) is 1.60. The van der Waals surface area contributed by atoms with Crippen LogP contribution in [0.15, 0.2) is 0 Å². The quantitative estimate of drug-likeness (QED) is 0.778. The molecule has 2 aliphatic rings. The number of rotatable bonds is 6. The Hall–Kier alpha value is -0.810. The Morgan fingerprint density at radius 1 is 1.45 bits per heavy atom. The fourth-order valence-electron chi connectivity index (χ4n) is 3.60. The van der Waals surface area contributed by atoms with Crippen LogP contribution in [0.3, 0.4) is 0 Å². The van der Waals surface area contributed by atoms with E-state index in [1.165, 1.54) is 26.4 Å². The lowest BCUT2D eigenvalue weighted by Crippen LogP contribution is -2.54. The van der Waals surface area contributed by atoms with Crippen molar-refractivity contribution in [3.63, 3.8) is 0 Å². The van der Waals surface area contributed by atoms with Crippen molar-refractivity contribution < 1.29 is 14.6 Å². The molecule has 2 N–H and O–H groups in total. The molecule has 0 aromatic heterocycles. The first kappa shape index (κ1) is 15.6. The maximum Gasteiger partial charge on any atom is 0.407 e. The number of amides is 1. The summed E-state index contributed by atoms with van der Waals surface area (Å²) in [6.45, 7) is 4.44. The van der Waals surface area contributed by atoms with E-state index in [0.29, 0.717) is 12.0 Å². The van der Waals surface area contributed by atoms with Crippen LogP contribution in [-0.2, 0) is 4.74 Å². The average molecular weight is 284 g/mol. The Labute approximate surface area is 121 Å². The minimum Gasteiger partial charge on any atom is -0.453 e. The van der Waals surface area contributed by atoms with E-state index in [1.807, 2.05) is 0 Å². The van der Waals surface area contributed by atoms with Gasteiger partial charge in [0.1, 0.15) is 0 Å². The van der Waals surface area contributed by atoms with Crippen LogP contribution in [0.2, 0.25) is 0 Å². The summed E-state index contributed by atoms with van der Waals surface area (Å²) in [5.41, 5.74) is 0. The first-order valence-corrected chi connectivity index (χ1v) is 7.87. The van der Waals surface area contributed by atoms with E-state index in [9.17, 15) is 9.90 Å². The summed E-state index contributed by atoms with van der Waals surface area (Å²) in [6.07, 6.45) is 5.26. The van der Waals surface area contributed by atoms with Crippen molar-refractivity contribution in [1.29, 1.82) is 0 Å². The number of nitrogens with one attached hydrogen (secondary N) is 1. The molecular formula is C15H28N2O3. The zero-order valence-electron chi connectivity index (χ0n) is 12.7. The SMILES string of the molecule is CCC(C1CC1)N1CC(CCO)CC(NC(=O)OC)C1. The van der Waals surface area contributed by atoms with Crippen LogP contribution in [0.5, 0.6) is 0 Å². The molecule has 1 saturated heterocycles. The second-order valence-electron chi connectivity index (χ2n) is 6.21. The molecule has 0 spiro atoms. The largest absolute Gasteiger partial charge is 0.453 e. The summed E-state index contributed by atoms with van der Waals surface area (Å²) in [5, 5.41) is 12.1. The first-order valence-electron chi connectivity index (χ1n) is 7.87. The second-order valence-corrected chi connectivity index (χ2v) is 6.21. The summed E-state index contributed by atoms with van der Waals surface area (Å²) in [7, 11) is 1.40. The molecule has 2 fully saturated rings. The van der Waals surface area contributed by atoms with Crippen molar-refractivity contribution in [2.24, 2.45) is 11.8 Å². The van der Waals surface area contributed by atoms with Gasteiger partial charge < -0.3 is 15.2 Å². The molecule has 1 amide bonds. The van der Waals surface area contributed by atoms with Gasteiger partial charge in [-0.05, 0) is 43.9 Å². The lowest BCUT2D eigenvalue weighted by molar-refractivity contribution is 0.0709. The third-order valence-electron chi connectivity index (χ3n) is 4.66. The fraction of sp³-hybridized carbons (Fsp3) is 0.933. The maximum atomic E-state index is 11.4. The number of nitrogens with zero attached hydrogens (tertiary/aromatic N) is 1. The first-order chi connectivity index (χ1) is 9.67. The van der Waals surface area contributed by atoms with Crippen molar-refractivity contribution in [3.05, 3.63) is 0 Å². The molecule has 1 aliphatic heterocycles. The summed E-state index contributed by atoms with van der Waals surface area (Å²) in [6, 6.07) is 0.777. The van der Waals surface area contributed by atoms with Crippen LogP contribution in [0.25, 0.3) is 0 Å². The van der Waals surface area contributed by atoms with Crippen molar-refractivity contribution in [3.8, 4) is 0 Å². The molecule has 0 bridgehead atoms. The van der Waals surface area contributed by atoms with E-state index in [4.69, 9.17) is 4.74 Å². The Balaban J connectivity index is 1.97. The minimum atomic E-state index is -0.348. The van der Waals surface area contributed by atoms with Crippen LogP contribution in [0.1, 0.15) is 39.0 Å². The van der Waals surface area contributed by atoms with Gasteiger partial charge in [-0.3, -0.25) is 4.90 Å². The molecule has 0 aromatic rings.